The molecule has 0 unspecified atom stereocenters. The van der Waals surface area contributed by atoms with Crippen LogP contribution < -0.4 is 10.0 Å². The highest BCUT2D eigenvalue weighted by Crippen LogP contribution is 2.23. The zero-order valence-electron chi connectivity index (χ0n) is 14.0. The summed E-state index contributed by atoms with van der Waals surface area (Å²) in [6.45, 7) is -0.563. The van der Waals surface area contributed by atoms with Crippen molar-refractivity contribution in [3.63, 3.8) is 0 Å². The van der Waals surface area contributed by atoms with Crippen molar-refractivity contribution in [3.05, 3.63) is 29.3 Å². The molecule has 2 rings (SSSR count). The molecule has 0 spiro atoms. The molecule has 24 heavy (non-hydrogen) atoms. The number of amides is 2. The number of sulfonamides is 1. The van der Waals surface area contributed by atoms with Gasteiger partial charge in [-0.3, -0.25) is 9.59 Å². The van der Waals surface area contributed by atoms with Gasteiger partial charge in [0.1, 0.15) is 0 Å². The van der Waals surface area contributed by atoms with Gasteiger partial charge in [0.25, 0.3) is 0 Å². The van der Waals surface area contributed by atoms with E-state index in [9.17, 15) is 18.0 Å². The number of rotatable bonds is 6. The van der Waals surface area contributed by atoms with Gasteiger partial charge < -0.3 is 10.2 Å². The Bertz CT molecular complexity index is 729. The molecular formula is C16H23N3O4S. The molecular weight excluding hydrogens is 330 g/mol. The Labute approximate surface area is 142 Å². The molecule has 7 nitrogen and oxygen atoms in total. The van der Waals surface area contributed by atoms with E-state index >= 15 is 0 Å². The summed E-state index contributed by atoms with van der Waals surface area (Å²) >= 11 is 0. The molecule has 1 aliphatic carbocycles. The second-order valence-electron chi connectivity index (χ2n) is 6.03. The van der Waals surface area contributed by atoms with Crippen LogP contribution in [-0.4, -0.2) is 52.3 Å². The van der Waals surface area contributed by atoms with Gasteiger partial charge in [0.15, 0.2) is 0 Å². The molecule has 1 aliphatic rings. The lowest BCUT2D eigenvalue weighted by molar-refractivity contribution is -0.130. The topological polar surface area (TPSA) is 95.6 Å². The van der Waals surface area contributed by atoms with Crippen LogP contribution in [0.15, 0.2) is 23.1 Å². The van der Waals surface area contributed by atoms with E-state index in [-0.39, 0.29) is 17.3 Å². The van der Waals surface area contributed by atoms with Crippen LogP contribution in [0.3, 0.4) is 0 Å². The number of hydrogen-bond donors (Lipinski definition) is 2. The fraction of sp³-hybridized carbons (Fsp3) is 0.500. The highest BCUT2D eigenvalue weighted by atomic mass is 32.2. The van der Waals surface area contributed by atoms with Crippen LogP contribution in [0, 0.1) is 0 Å². The van der Waals surface area contributed by atoms with Crippen molar-refractivity contribution in [1.82, 2.24) is 14.9 Å². The summed E-state index contributed by atoms with van der Waals surface area (Å²) in [4.78, 5) is 24.6. The minimum atomic E-state index is -3.75. The Morgan fingerprint density at radius 1 is 1.08 bits per heavy atom. The van der Waals surface area contributed by atoms with Crippen molar-refractivity contribution in [1.29, 1.82) is 0 Å². The van der Waals surface area contributed by atoms with Gasteiger partial charge in [0.05, 0.1) is 18.0 Å². The first kappa shape index (κ1) is 18.4. The van der Waals surface area contributed by atoms with Crippen LogP contribution in [-0.2, 0) is 32.5 Å². The van der Waals surface area contributed by atoms with E-state index in [2.05, 4.69) is 10.0 Å². The molecule has 0 fully saturated rings. The number of carbonyl (C=O) groups excluding carboxylic acids is 2. The van der Waals surface area contributed by atoms with Crippen LogP contribution in [0.2, 0.25) is 0 Å². The molecule has 0 bridgehead atoms. The smallest absolute Gasteiger partial charge is 0.241 e. The Hall–Kier alpha value is -1.93. The van der Waals surface area contributed by atoms with Gasteiger partial charge in [0.2, 0.25) is 21.8 Å². The fourth-order valence-corrected chi connectivity index (χ4v) is 3.55. The van der Waals surface area contributed by atoms with Gasteiger partial charge in [-0.1, -0.05) is 6.07 Å². The highest BCUT2D eigenvalue weighted by molar-refractivity contribution is 7.89. The highest BCUT2D eigenvalue weighted by Gasteiger charge is 2.18. The van der Waals surface area contributed by atoms with Crippen molar-refractivity contribution < 1.29 is 18.0 Å². The summed E-state index contributed by atoms with van der Waals surface area (Å²) in [6.07, 6.45) is 4.05. The number of fused-ring (bicyclic) bond motifs is 1. The number of likely N-dealkylation sites (N-methyl/N-ethyl adjacent to an activating group) is 1. The van der Waals surface area contributed by atoms with Crippen molar-refractivity contribution in [2.24, 2.45) is 0 Å². The first-order valence-corrected chi connectivity index (χ1v) is 9.36. The van der Waals surface area contributed by atoms with Crippen LogP contribution in [0.5, 0.6) is 0 Å². The molecule has 1 aromatic carbocycles. The predicted molar refractivity (Wildman–Crippen MR) is 90.0 cm³/mol. The van der Waals surface area contributed by atoms with Gasteiger partial charge in [-0.05, 0) is 48.9 Å². The molecule has 132 valence electrons. The number of nitrogens with zero attached hydrogens (tertiary/aromatic N) is 1. The first-order valence-electron chi connectivity index (χ1n) is 7.88. The lowest BCUT2D eigenvalue weighted by Gasteiger charge is -2.16. The fourth-order valence-electron chi connectivity index (χ4n) is 2.52. The van der Waals surface area contributed by atoms with Gasteiger partial charge in [-0.2, -0.15) is 0 Å². The van der Waals surface area contributed by atoms with Crippen molar-refractivity contribution >= 4 is 21.8 Å². The zero-order valence-corrected chi connectivity index (χ0v) is 14.8. The average Bonchev–Trinajstić information content (AvgIpc) is 2.57. The second kappa shape index (κ2) is 7.76. The quantitative estimate of drug-likeness (QED) is 0.755. The lowest BCUT2D eigenvalue weighted by atomic mass is 9.92. The molecule has 8 heteroatoms. The maximum Gasteiger partial charge on any atom is 0.241 e. The summed E-state index contributed by atoms with van der Waals surface area (Å²) in [7, 11) is -0.597. The Morgan fingerprint density at radius 2 is 1.75 bits per heavy atom. The number of aryl methyl sites for hydroxylation is 2. The third-order valence-corrected chi connectivity index (χ3v) is 5.39. The Balaban J connectivity index is 1.94. The van der Waals surface area contributed by atoms with Crippen LogP contribution in [0.4, 0.5) is 0 Å². The first-order chi connectivity index (χ1) is 11.3. The third kappa shape index (κ3) is 4.78. The largest absolute Gasteiger partial charge is 0.347 e. The summed E-state index contributed by atoms with van der Waals surface area (Å²) < 4.78 is 26.9. The van der Waals surface area contributed by atoms with E-state index < -0.39 is 22.5 Å². The SMILES string of the molecule is CN(C)C(=O)CNC(=O)CNS(=O)(=O)c1ccc2c(c1)CCCC2. The molecule has 1 aromatic rings. The van der Waals surface area contributed by atoms with Crippen molar-refractivity contribution in [2.45, 2.75) is 30.6 Å². The van der Waals surface area contributed by atoms with E-state index in [0.717, 1.165) is 31.2 Å². The number of nitrogens with one attached hydrogen (secondary N) is 2. The van der Waals surface area contributed by atoms with Gasteiger partial charge in [0, 0.05) is 14.1 Å². The minimum absolute atomic E-state index is 0.160. The predicted octanol–water partition coefficient (Wildman–Crippen LogP) is 0.0481. The zero-order chi connectivity index (χ0) is 17.7. The molecule has 2 amide bonds. The van der Waals surface area contributed by atoms with E-state index in [1.165, 1.54) is 10.5 Å². The molecule has 0 radical (unpaired) electrons. The molecule has 0 aliphatic heterocycles. The van der Waals surface area contributed by atoms with Gasteiger partial charge in [-0.25, -0.2) is 13.1 Å². The van der Waals surface area contributed by atoms with Gasteiger partial charge >= 0.3 is 0 Å². The van der Waals surface area contributed by atoms with Gasteiger partial charge in [-0.15, -0.1) is 0 Å². The van der Waals surface area contributed by atoms with E-state index in [4.69, 9.17) is 0 Å². The third-order valence-electron chi connectivity index (χ3n) is 3.99. The summed E-state index contributed by atoms with van der Waals surface area (Å²) in [5, 5.41) is 2.38. The van der Waals surface area contributed by atoms with Crippen molar-refractivity contribution in [2.75, 3.05) is 27.2 Å². The number of benzene rings is 1. The summed E-state index contributed by atoms with van der Waals surface area (Å²) in [6, 6.07) is 5.10. The molecule has 0 atom stereocenters. The standard InChI is InChI=1S/C16H23N3O4S/c1-19(2)16(21)11-17-15(20)10-18-24(22,23)14-8-7-12-5-3-4-6-13(12)9-14/h7-9,18H,3-6,10-11H2,1-2H3,(H,17,20). The van der Waals surface area contributed by atoms with E-state index in [0.29, 0.717) is 0 Å². The molecule has 0 saturated carbocycles. The van der Waals surface area contributed by atoms with Crippen molar-refractivity contribution in [3.8, 4) is 0 Å². The maximum absolute atomic E-state index is 12.3. The molecule has 0 saturated heterocycles. The Morgan fingerprint density at radius 3 is 2.42 bits per heavy atom. The van der Waals surface area contributed by atoms with Crippen LogP contribution in [0.25, 0.3) is 0 Å². The second-order valence-corrected chi connectivity index (χ2v) is 7.79. The molecule has 0 heterocycles. The summed E-state index contributed by atoms with van der Waals surface area (Å²) in [5.41, 5.74) is 2.25. The maximum atomic E-state index is 12.3. The lowest BCUT2D eigenvalue weighted by Crippen LogP contribution is -2.41. The average molecular weight is 353 g/mol. The Kier molecular flexibility index (Phi) is 5.95. The minimum Gasteiger partial charge on any atom is -0.347 e. The number of carbonyl (C=O) groups is 2. The normalized spacial score (nSPS) is 13.9. The monoisotopic (exact) mass is 353 g/mol. The summed E-state index contributed by atoms with van der Waals surface area (Å²) in [5.74, 6) is -0.812. The molecule has 2 N–H and O–H groups in total. The van der Waals surface area contributed by atoms with E-state index in [1.807, 2.05) is 6.07 Å². The number of hydrogen-bond acceptors (Lipinski definition) is 4. The van der Waals surface area contributed by atoms with E-state index in [1.54, 1.807) is 26.2 Å². The van der Waals surface area contributed by atoms with Crippen LogP contribution >= 0.6 is 0 Å². The molecule has 0 aromatic heterocycles. The van der Waals surface area contributed by atoms with Crippen LogP contribution in [0.1, 0.15) is 24.0 Å².